The molecule has 2 atom stereocenters. The first-order chi connectivity index (χ1) is 5.82. The number of carboxylic acid groups (broad SMARTS) is 1. The molecule has 74 valence electrons. The maximum atomic E-state index is 10.8. The van der Waals surface area contributed by atoms with Crippen LogP contribution in [0.25, 0.3) is 0 Å². The molecule has 0 aromatic rings. The SMILES string of the molecule is CC(C)(C)[C@H]1OC(=O)N[C@@H]1C(=O)O. The summed E-state index contributed by atoms with van der Waals surface area (Å²) in [6.45, 7) is 5.48. The number of alkyl carbamates (subject to hydrolysis) is 1. The minimum Gasteiger partial charge on any atom is -0.480 e. The molecule has 1 rings (SSSR count). The predicted molar refractivity (Wildman–Crippen MR) is 44.3 cm³/mol. The summed E-state index contributed by atoms with van der Waals surface area (Å²) >= 11 is 0. The van der Waals surface area contributed by atoms with E-state index in [1.54, 1.807) is 0 Å². The summed E-state index contributed by atoms with van der Waals surface area (Å²) in [7, 11) is 0. The van der Waals surface area contributed by atoms with Gasteiger partial charge < -0.3 is 15.2 Å². The molecular formula is C8H13NO4. The Morgan fingerprint density at radius 1 is 1.54 bits per heavy atom. The van der Waals surface area contributed by atoms with Crippen molar-refractivity contribution in [1.29, 1.82) is 0 Å². The van der Waals surface area contributed by atoms with Crippen molar-refractivity contribution < 1.29 is 19.4 Å². The number of ether oxygens (including phenoxy) is 1. The highest BCUT2D eigenvalue weighted by Gasteiger charge is 2.45. The van der Waals surface area contributed by atoms with Crippen LogP contribution < -0.4 is 5.32 Å². The molecule has 0 bridgehead atoms. The van der Waals surface area contributed by atoms with E-state index in [0.717, 1.165) is 0 Å². The minimum absolute atomic E-state index is 0.373. The first-order valence-corrected chi connectivity index (χ1v) is 4.02. The average Bonchev–Trinajstić information content (AvgIpc) is 2.29. The molecular weight excluding hydrogens is 174 g/mol. The normalized spacial score (nSPS) is 28.1. The van der Waals surface area contributed by atoms with E-state index < -0.39 is 24.2 Å². The van der Waals surface area contributed by atoms with Gasteiger partial charge in [0.15, 0.2) is 6.04 Å². The molecule has 0 unspecified atom stereocenters. The van der Waals surface area contributed by atoms with Crippen LogP contribution >= 0.6 is 0 Å². The molecule has 0 aliphatic carbocycles. The molecule has 0 saturated carbocycles. The van der Waals surface area contributed by atoms with Crippen LogP contribution in [0.2, 0.25) is 0 Å². The molecule has 0 aromatic heterocycles. The van der Waals surface area contributed by atoms with Gasteiger partial charge in [-0.15, -0.1) is 0 Å². The van der Waals surface area contributed by atoms with Crippen LogP contribution in [0.1, 0.15) is 20.8 Å². The summed E-state index contributed by atoms with van der Waals surface area (Å²) < 4.78 is 4.87. The first-order valence-electron chi connectivity index (χ1n) is 4.02. The molecule has 2 N–H and O–H groups in total. The number of hydrogen-bond donors (Lipinski definition) is 2. The largest absolute Gasteiger partial charge is 0.480 e. The molecule has 1 fully saturated rings. The van der Waals surface area contributed by atoms with Crippen LogP contribution in [-0.4, -0.2) is 29.3 Å². The van der Waals surface area contributed by atoms with Gasteiger partial charge in [0.1, 0.15) is 6.10 Å². The Hall–Kier alpha value is -1.26. The quantitative estimate of drug-likeness (QED) is 0.630. The van der Waals surface area contributed by atoms with Gasteiger partial charge in [0, 0.05) is 5.41 Å². The van der Waals surface area contributed by atoms with Gasteiger partial charge in [0.2, 0.25) is 0 Å². The van der Waals surface area contributed by atoms with Gasteiger partial charge >= 0.3 is 12.1 Å². The monoisotopic (exact) mass is 187 g/mol. The smallest absolute Gasteiger partial charge is 0.408 e. The summed E-state index contributed by atoms with van der Waals surface area (Å²) in [6, 6.07) is -0.938. The molecule has 1 aliphatic heterocycles. The zero-order valence-corrected chi connectivity index (χ0v) is 7.83. The molecule has 0 spiro atoms. The fourth-order valence-corrected chi connectivity index (χ4v) is 1.29. The Kier molecular flexibility index (Phi) is 2.19. The zero-order valence-electron chi connectivity index (χ0n) is 7.83. The lowest BCUT2D eigenvalue weighted by molar-refractivity contribution is -0.141. The Balaban J connectivity index is 2.84. The van der Waals surface area contributed by atoms with Gasteiger partial charge in [-0.3, -0.25) is 0 Å². The van der Waals surface area contributed by atoms with Crippen molar-refractivity contribution in [3.8, 4) is 0 Å². The molecule has 5 heteroatoms. The van der Waals surface area contributed by atoms with Gasteiger partial charge in [0.05, 0.1) is 0 Å². The van der Waals surface area contributed by atoms with E-state index in [9.17, 15) is 9.59 Å². The van der Waals surface area contributed by atoms with E-state index in [1.165, 1.54) is 0 Å². The maximum absolute atomic E-state index is 10.8. The van der Waals surface area contributed by atoms with Crippen molar-refractivity contribution in [2.75, 3.05) is 0 Å². The summed E-state index contributed by atoms with van der Waals surface area (Å²) in [4.78, 5) is 21.5. The predicted octanol–water partition coefficient (Wildman–Crippen LogP) is 0.594. The van der Waals surface area contributed by atoms with Gasteiger partial charge in [-0.25, -0.2) is 9.59 Å². The number of carboxylic acids is 1. The standard InChI is InChI=1S/C8H13NO4/c1-8(2,3)5-4(6(10)11)9-7(12)13-5/h4-5H,1-3H3,(H,9,12)(H,10,11)/t4-,5-/m0/s1. The number of hydrogen-bond acceptors (Lipinski definition) is 3. The molecule has 0 radical (unpaired) electrons. The lowest BCUT2D eigenvalue weighted by Gasteiger charge is -2.26. The zero-order chi connectivity index (χ0) is 10.2. The topological polar surface area (TPSA) is 75.6 Å². The highest BCUT2D eigenvalue weighted by molar-refractivity contribution is 5.83. The number of carbonyl (C=O) groups is 2. The summed E-state index contributed by atoms with van der Waals surface area (Å²) in [6.07, 6.45) is -1.27. The fourth-order valence-electron chi connectivity index (χ4n) is 1.29. The Morgan fingerprint density at radius 2 is 2.08 bits per heavy atom. The van der Waals surface area contributed by atoms with Crippen molar-refractivity contribution >= 4 is 12.1 Å². The van der Waals surface area contributed by atoms with Crippen LogP contribution in [0.3, 0.4) is 0 Å². The second-order valence-corrected chi connectivity index (χ2v) is 4.15. The van der Waals surface area contributed by atoms with Crippen molar-refractivity contribution in [2.45, 2.75) is 32.9 Å². The minimum atomic E-state index is -1.06. The second-order valence-electron chi connectivity index (χ2n) is 4.15. The third-order valence-electron chi connectivity index (χ3n) is 1.93. The lowest BCUT2D eigenvalue weighted by Crippen LogP contribution is -2.45. The van der Waals surface area contributed by atoms with Crippen LogP contribution in [0.4, 0.5) is 4.79 Å². The fraction of sp³-hybridized carbons (Fsp3) is 0.750. The lowest BCUT2D eigenvalue weighted by atomic mass is 9.85. The van der Waals surface area contributed by atoms with Crippen molar-refractivity contribution in [3.05, 3.63) is 0 Å². The van der Waals surface area contributed by atoms with Gasteiger partial charge in [-0.05, 0) is 0 Å². The second kappa shape index (κ2) is 2.90. The molecule has 1 heterocycles. The number of carbonyl (C=O) groups excluding carboxylic acids is 1. The van der Waals surface area contributed by atoms with Crippen LogP contribution in [-0.2, 0) is 9.53 Å². The third-order valence-corrected chi connectivity index (χ3v) is 1.93. The number of rotatable bonds is 1. The molecule has 1 saturated heterocycles. The highest BCUT2D eigenvalue weighted by atomic mass is 16.6. The maximum Gasteiger partial charge on any atom is 0.408 e. The Morgan fingerprint density at radius 3 is 2.38 bits per heavy atom. The first kappa shape index (κ1) is 9.83. The van der Waals surface area contributed by atoms with Crippen LogP contribution in [0.5, 0.6) is 0 Å². The van der Waals surface area contributed by atoms with E-state index in [2.05, 4.69) is 5.32 Å². The van der Waals surface area contributed by atoms with E-state index in [4.69, 9.17) is 9.84 Å². The van der Waals surface area contributed by atoms with E-state index in [0.29, 0.717) is 0 Å². The molecule has 5 nitrogen and oxygen atoms in total. The van der Waals surface area contributed by atoms with Gasteiger partial charge in [-0.2, -0.15) is 0 Å². The molecule has 13 heavy (non-hydrogen) atoms. The average molecular weight is 187 g/mol. The van der Waals surface area contributed by atoms with Gasteiger partial charge in [0.25, 0.3) is 0 Å². The summed E-state index contributed by atoms with van der Waals surface area (Å²) in [5.41, 5.74) is -0.373. The van der Waals surface area contributed by atoms with Crippen molar-refractivity contribution in [3.63, 3.8) is 0 Å². The number of aliphatic carboxylic acids is 1. The van der Waals surface area contributed by atoms with Gasteiger partial charge in [-0.1, -0.05) is 20.8 Å². The summed E-state index contributed by atoms with van der Waals surface area (Å²) in [5.74, 6) is -1.06. The molecule has 1 amide bonds. The van der Waals surface area contributed by atoms with Crippen molar-refractivity contribution in [2.24, 2.45) is 5.41 Å². The van der Waals surface area contributed by atoms with Crippen molar-refractivity contribution in [1.82, 2.24) is 5.32 Å². The van der Waals surface area contributed by atoms with E-state index in [1.807, 2.05) is 20.8 Å². The summed E-state index contributed by atoms with van der Waals surface area (Å²) in [5, 5.41) is 11.0. The molecule has 0 aromatic carbocycles. The van der Waals surface area contributed by atoms with E-state index in [-0.39, 0.29) is 5.41 Å². The molecule has 1 aliphatic rings. The van der Waals surface area contributed by atoms with Crippen LogP contribution in [0, 0.1) is 5.41 Å². The number of nitrogens with one attached hydrogen (secondary N) is 1. The third kappa shape index (κ3) is 1.91. The van der Waals surface area contributed by atoms with E-state index >= 15 is 0 Å². The van der Waals surface area contributed by atoms with Crippen LogP contribution in [0.15, 0.2) is 0 Å². The number of cyclic esters (lactones) is 1. The Bertz CT molecular complexity index is 243. The highest BCUT2D eigenvalue weighted by Crippen LogP contribution is 2.28. The number of amides is 1. The Labute approximate surface area is 76.1 Å².